The van der Waals surface area contributed by atoms with Gasteiger partial charge in [0.05, 0.1) is 11.4 Å². The van der Waals surface area contributed by atoms with Crippen LogP contribution in [0.25, 0.3) is 89.5 Å². The molecule has 0 spiro atoms. The van der Waals surface area contributed by atoms with E-state index in [2.05, 4.69) is 115 Å². The molecule has 9 rings (SSSR count). The molecule has 7 aromatic carbocycles. The van der Waals surface area contributed by atoms with Crippen LogP contribution in [0.1, 0.15) is 0 Å². The molecule has 0 bridgehead atoms. The summed E-state index contributed by atoms with van der Waals surface area (Å²) >= 11 is 0. The van der Waals surface area contributed by atoms with E-state index in [0.29, 0.717) is 11.7 Å². The second-order valence-corrected chi connectivity index (χ2v) is 12.0. The molecular weight excluding hydrogens is 599 g/mol. The van der Waals surface area contributed by atoms with E-state index in [-0.39, 0.29) is 0 Å². The highest BCUT2D eigenvalue weighted by Crippen LogP contribution is 2.38. The molecule has 0 aliphatic rings. The molecule has 9 aromatic rings. The molecule has 0 radical (unpaired) electrons. The maximum atomic E-state index is 6.24. The maximum Gasteiger partial charge on any atom is 0.227 e. The normalized spacial score (nSPS) is 11.3. The van der Waals surface area contributed by atoms with Crippen molar-refractivity contribution in [2.75, 3.05) is 0 Å². The topological polar surface area (TPSA) is 51.8 Å². The molecule has 0 amide bonds. The highest BCUT2D eigenvalue weighted by atomic mass is 16.3. The second kappa shape index (κ2) is 12.2. The van der Waals surface area contributed by atoms with Gasteiger partial charge < -0.3 is 4.42 Å². The Hall–Kier alpha value is -6.65. The van der Waals surface area contributed by atoms with E-state index in [1.807, 2.05) is 60.7 Å². The first-order chi connectivity index (χ1) is 24.3. The van der Waals surface area contributed by atoms with E-state index >= 15 is 0 Å². The van der Waals surface area contributed by atoms with Gasteiger partial charge in [-0.05, 0) is 63.4 Å². The Morgan fingerprint density at radius 1 is 0.347 bits per heavy atom. The Bertz CT molecular complexity index is 2580. The largest absolute Gasteiger partial charge is 0.436 e. The van der Waals surface area contributed by atoms with Crippen molar-refractivity contribution in [3.63, 3.8) is 0 Å². The van der Waals surface area contributed by atoms with Crippen LogP contribution in [0.4, 0.5) is 0 Å². The van der Waals surface area contributed by atoms with Crippen molar-refractivity contribution in [2.24, 2.45) is 0 Å². The van der Waals surface area contributed by atoms with Gasteiger partial charge in [-0.3, -0.25) is 0 Å². The third-order valence-electron chi connectivity index (χ3n) is 8.97. The van der Waals surface area contributed by atoms with Gasteiger partial charge in [0.25, 0.3) is 0 Å². The number of nitrogens with zero attached hydrogens (tertiary/aromatic N) is 3. The minimum absolute atomic E-state index is 0.622. The van der Waals surface area contributed by atoms with Gasteiger partial charge in [0.1, 0.15) is 5.52 Å². The molecule has 0 aliphatic carbocycles. The number of rotatable bonds is 6. The summed E-state index contributed by atoms with van der Waals surface area (Å²) in [4.78, 5) is 15.0. The van der Waals surface area contributed by atoms with Crippen molar-refractivity contribution in [3.8, 4) is 67.6 Å². The average molecular weight is 628 g/mol. The van der Waals surface area contributed by atoms with E-state index in [1.165, 1.54) is 5.56 Å². The first-order valence-electron chi connectivity index (χ1n) is 16.4. The number of aromatic nitrogens is 3. The number of hydrogen-bond donors (Lipinski definition) is 0. The summed E-state index contributed by atoms with van der Waals surface area (Å²) in [5.41, 5.74) is 11.9. The van der Waals surface area contributed by atoms with E-state index in [1.54, 1.807) is 0 Å². The first kappa shape index (κ1) is 28.6. The minimum Gasteiger partial charge on any atom is -0.436 e. The van der Waals surface area contributed by atoms with Gasteiger partial charge in [-0.25, -0.2) is 15.0 Å². The Morgan fingerprint density at radius 3 is 1.59 bits per heavy atom. The summed E-state index contributed by atoms with van der Waals surface area (Å²) in [5.74, 6) is 1.31. The van der Waals surface area contributed by atoms with E-state index in [0.717, 1.165) is 72.2 Å². The molecule has 0 fully saturated rings. The third kappa shape index (κ3) is 5.45. The van der Waals surface area contributed by atoms with Crippen LogP contribution in [-0.2, 0) is 0 Å². The number of oxazole rings is 1. The summed E-state index contributed by atoms with van der Waals surface area (Å²) < 4.78 is 6.24. The summed E-state index contributed by atoms with van der Waals surface area (Å²) in [7, 11) is 0. The molecule has 0 saturated heterocycles. The lowest BCUT2D eigenvalue weighted by Gasteiger charge is -2.14. The minimum atomic E-state index is 0.622. The Kier molecular flexibility index (Phi) is 7.10. The first-order valence-corrected chi connectivity index (χ1v) is 16.4. The van der Waals surface area contributed by atoms with Gasteiger partial charge >= 0.3 is 0 Å². The van der Waals surface area contributed by atoms with Crippen LogP contribution < -0.4 is 0 Å². The quantitative estimate of drug-likeness (QED) is 0.184. The van der Waals surface area contributed by atoms with Crippen molar-refractivity contribution in [2.45, 2.75) is 0 Å². The fourth-order valence-corrected chi connectivity index (χ4v) is 6.48. The maximum absolute atomic E-state index is 6.24. The fraction of sp³-hybridized carbons (Fsp3) is 0. The van der Waals surface area contributed by atoms with Crippen LogP contribution >= 0.6 is 0 Å². The zero-order valence-corrected chi connectivity index (χ0v) is 26.5. The lowest BCUT2D eigenvalue weighted by molar-refractivity contribution is 0.620. The molecule has 4 nitrogen and oxygen atoms in total. The molecule has 2 aromatic heterocycles. The van der Waals surface area contributed by atoms with Crippen LogP contribution in [-0.4, -0.2) is 15.0 Å². The van der Waals surface area contributed by atoms with Crippen LogP contribution in [0, 0.1) is 0 Å². The van der Waals surface area contributed by atoms with Gasteiger partial charge in [0.2, 0.25) is 5.89 Å². The van der Waals surface area contributed by atoms with Crippen molar-refractivity contribution in [3.05, 3.63) is 176 Å². The van der Waals surface area contributed by atoms with Crippen molar-refractivity contribution < 1.29 is 4.42 Å². The monoisotopic (exact) mass is 627 g/mol. The zero-order valence-electron chi connectivity index (χ0n) is 26.5. The van der Waals surface area contributed by atoms with E-state index in [9.17, 15) is 0 Å². The van der Waals surface area contributed by atoms with Gasteiger partial charge in [0.15, 0.2) is 11.4 Å². The second-order valence-electron chi connectivity index (χ2n) is 12.0. The van der Waals surface area contributed by atoms with Gasteiger partial charge in [0, 0.05) is 22.3 Å². The lowest BCUT2D eigenvalue weighted by Crippen LogP contribution is -1.97. The SMILES string of the molecule is c1ccc(-c2ccc(-c3nc(-c4ccccc4)cc(-c4ccc(-c5ccc6nc(-c7ccccc7)oc6c5)c5ccccc45)n3)cc2)cc1. The van der Waals surface area contributed by atoms with Crippen molar-refractivity contribution >= 4 is 21.9 Å². The molecule has 0 aliphatic heterocycles. The van der Waals surface area contributed by atoms with Crippen LogP contribution in [0.5, 0.6) is 0 Å². The summed E-state index contributed by atoms with van der Waals surface area (Å²) in [6.07, 6.45) is 0. The zero-order chi connectivity index (χ0) is 32.6. The number of fused-ring (bicyclic) bond motifs is 2. The molecule has 0 unspecified atom stereocenters. The lowest BCUT2D eigenvalue weighted by atomic mass is 9.93. The van der Waals surface area contributed by atoms with E-state index in [4.69, 9.17) is 19.4 Å². The smallest absolute Gasteiger partial charge is 0.227 e. The van der Waals surface area contributed by atoms with Crippen LogP contribution in [0.3, 0.4) is 0 Å². The Labute approximate surface area is 284 Å². The molecular formula is C45H29N3O. The van der Waals surface area contributed by atoms with Gasteiger partial charge in [-0.2, -0.15) is 0 Å². The molecule has 0 N–H and O–H groups in total. The summed E-state index contributed by atoms with van der Waals surface area (Å²) in [5, 5.41) is 2.25. The highest BCUT2D eigenvalue weighted by molar-refractivity contribution is 6.05. The number of benzene rings is 7. The standard InChI is InChI=1S/C45H29N3O/c1-4-12-30(13-5-1)31-20-22-33(23-21-31)44-46-41(32-14-6-2-7-15-32)29-42(47-44)39-26-25-36(37-18-10-11-19-38(37)39)35-24-27-40-43(28-35)49-45(48-40)34-16-8-3-9-17-34/h1-29H. The Morgan fingerprint density at radius 2 is 0.878 bits per heavy atom. The molecule has 0 saturated carbocycles. The van der Waals surface area contributed by atoms with Crippen molar-refractivity contribution in [1.29, 1.82) is 0 Å². The van der Waals surface area contributed by atoms with Crippen molar-refractivity contribution in [1.82, 2.24) is 15.0 Å². The predicted octanol–water partition coefficient (Wildman–Crippen LogP) is 11.8. The third-order valence-corrected chi connectivity index (χ3v) is 8.97. The Balaban J connectivity index is 1.16. The fourth-order valence-electron chi connectivity index (χ4n) is 6.48. The summed E-state index contributed by atoms with van der Waals surface area (Å²) in [6.45, 7) is 0. The highest BCUT2D eigenvalue weighted by Gasteiger charge is 2.16. The molecule has 230 valence electrons. The number of hydrogen-bond acceptors (Lipinski definition) is 4. The average Bonchev–Trinajstić information content (AvgIpc) is 3.62. The van der Waals surface area contributed by atoms with Crippen LogP contribution in [0.2, 0.25) is 0 Å². The molecule has 49 heavy (non-hydrogen) atoms. The molecule has 4 heteroatoms. The molecule has 2 heterocycles. The van der Waals surface area contributed by atoms with Gasteiger partial charge in [-0.1, -0.05) is 146 Å². The molecule has 0 atom stereocenters. The van der Waals surface area contributed by atoms with Gasteiger partial charge in [-0.15, -0.1) is 0 Å². The summed E-state index contributed by atoms with van der Waals surface area (Å²) in [6, 6.07) is 60.5. The van der Waals surface area contributed by atoms with E-state index < -0.39 is 0 Å². The predicted molar refractivity (Wildman–Crippen MR) is 200 cm³/mol. The van der Waals surface area contributed by atoms with Crippen LogP contribution in [0.15, 0.2) is 180 Å².